The molecule has 2 heterocycles. The molecule has 0 bridgehead atoms. The molecule has 204 valence electrons. The first-order valence-electron chi connectivity index (χ1n) is 14.6. The van der Waals surface area contributed by atoms with Crippen LogP contribution in [0.3, 0.4) is 0 Å². The van der Waals surface area contributed by atoms with Crippen LogP contribution in [0.2, 0.25) is 0 Å². The fourth-order valence-electron chi connectivity index (χ4n) is 6.08. The third-order valence-corrected chi connectivity index (χ3v) is 8.13. The van der Waals surface area contributed by atoms with E-state index in [4.69, 9.17) is 9.97 Å². The van der Waals surface area contributed by atoms with Gasteiger partial charge in [0.05, 0.1) is 11.6 Å². The average molecular weight is 537 g/mol. The minimum atomic E-state index is 0.167. The van der Waals surface area contributed by atoms with Crippen LogP contribution >= 0.6 is 0 Å². The molecule has 1 atom stereocenters. The lowest BCUT2D eigenvalue weighted by Gasteiger charge is -2.28. The lowest BCUT2D eigenvalue weighted by Crippen LogP contribution is -2.15. The van der Waals surface area contributed by atoms with Crippen molar-refractivity contribution in [3.63, 3.8) is 0 Å². The van der Waals surface area contributed by atoms with E-state index in [0.29, 0.717) is 5.92 Å². The van der Waals surface area contributed by atoms with Crippen molar-refractivity contribution < 1.29 is 0 Å². The summed E-state index contributed by atoms with van der Waals surface area (Å²) in [5, 5.41) is 7.94. The van der Waals surface area contributed by atoms with Gasteiger partial charge in [-0.1, -0.05) is 86.7 Å². The van der Waals surface area contributed by atoms with Crippen molar-refractivity contribution in [2.75, 3.05) is 0 Å². The van der Waals surface area contributed by atoms with Gasteiger partial charge in [-0.3, -0.25) is 0 Å². The highest BCUT2D eigenvalue weighted by Crippen LogP contribution is 2.41. The summed E-state index contributed by atoms with van der Waals surface area (Å²) in [6.07, 6.45) is 9.54. The largest absolute Gasteiger partial charge is 0.237 e. The van der Waals surface area contributed by atoms with Gasteiger partial charge in [-0.25, -0.2) is 9.97 Å². The van der Waals surface area contributed by atoms with E-state index in [1.54, 1.807) is 6.20 Å². The number of fused-ring (bicyclic) bond motifs is 5. The molecule has 7 rings (SSSR count). The van der Waals surface area contributed by atoms with Crippen LogP contribution in [-0.2, 0) is 19.3 Å². The van der Waals surface area contributed by atoms with E-state index in [9.17, 15) is 0 Å². The van der Waals surface area contributed by atoms with Crippen LogP contribution in [0.4, 0.5) is 0 Å². The van der Waals surface area contributed by atoms with E-state index in [-0.39, 0.29) is 5.92 Å². The second kappa shape index (κ2) is 11.6. The molecule has 5 aromatic rings. The molecule has 0 fully saturated rings. The number of allylic oxidation sites excluding steroid dienone is 2. The molecule has 2 aliphatic carbocycles. The number of hydrogen-bond donors (Lipinski definition) is 0. The molecule has 0 saturated heterocycles. The normalized spacial score (nSPS) is 14.9. The summed E-state index contributed by atoms with van der Waals surface area (Å²) >= 11 is 0. The van der Waals surface area contributed by atoms with Gasteiger partial charge < -0.3 is 0 Å². The van der Waals surface area contributed by atoms with E-state index in [2.05, 4.69) is 111 Å². The van der Waals surface area contributed by atoms with Crippen LogP contribution in [0.5, 0.6) is 0 Å². The molecule has 2 aliphatic rings. The van der Waals surface area contributed by atoms with E-state index in [0.717, 1.165) is 47.7 Å². The Balaban J connectivity index is 0.000000172. The predicted molar refractivity (Wildman–Crippen MR) is 167 cm³/mol. The monoisotopic (exact) mass is 536 g/mol. The minimum absolute atomic E-state index is 0.167. The summed E-state index contributed by atoms with van der Waals surface area (Å²) in [4.78, 5) is 9.48. The van der Waals surface area contributed by atoms with Crippen LogP contribution < -0.4 is 0 Å². The van der Waals surface area contributed by atoms with Crippen molar-refractivity contribution >= 4 is 0 Å². The van der Waals surface area contributed by atoms with Gasteiger partial charge in [0.15, 0.2) is 0 Å². The predicted octanol–water partition coefficient (Wildman–Crippen LogP) is 8.37. The van der Waals surface area contributed by atoms with Crippen LogP contribution in [-0.4, -0.2) is 20.2 Å². The van der Waals surface area contributed by atoms with E-state index in [1.807, 2.05) is 18.2 Å². The molecule has 0 spiro atoms. The Labute approximate surface area is 243 Å². The molecular formula is C37H36N4. The Morgan fingerprint density at radius 1 is 0.756 bits per heavy atom. The summed E-state index contributed by atoms with van der Waals surface area (Å²) in [5.74, 6) is 1.66. The SMILES string of the molecule is CC(C)c1ccc(-c2cccnn2)cc1.Cc1cc(C)nc(C2C=CCc3c2ccc2c3CCc3ccccc3-2)n1. The zero-order valence-electron chi connectivity index (χ0n) is 24.3. The second-order valence-corrected chi connectivity index (χ2v) is 11.3. The van der Waals surface area contributed by atoms with Gasteiger partial charge in [-0.2, -0.15) is 10.2 Å². The zero-order valence-corrected chi connectivity index (χ0v) is 24.3. The third kappa shape index (κ3) is 5.60. The number of nitrogens with zero attached hydrogens (tertiary/aromatic N) is 4. The van der Waals surface area contributed by atoms with E-state index >= 15 is 0 Å². The van der Waals surface area contributed by atoms with E-state index in [1.165, 1.54) is 38.9 Å². The maximum absolute atomic E-state index is 4.74. The van der Waals surface area contributed by atoms with Gasteiger partial charge in [0.25, 0.3) is 0 Å². The topological polar surface area (TPSA) is 51.6 Å². The van der Waals surface area contributed by atoms with Crippen molar-refractivity contribution in [1.29, 1.82) is 0 Å². The Kier molecular flexibility index (Phi) is 7.56. The van der Waals surface area contributed by atoms with Gasteiger partial charge in [-0.05, 0) is 96.2 Å². The first kappa shape index (κ1) is 26.8. The average Bonchev–Trinajstić information content (AvgIpc) is 3.00. The van der Waals surface area contributed by atoms with Crippen LogP contribution in [0.1, 0.15) is 70.7 Å². The molecule has 0 N–H and O–H groups in total. The maximum Gasteiger partial charge on any atom is 0.140 e. The molecular weight excluding hydrogens is 500 g/mol. The number of benzene rings is 3. The van der Waals surface area contributed by atoms with Gasteiger partial charge in [0.2, 0.25) is 0 Å². The summed E-state index contributed by atoms with van der Waals surface area (Å²) in [6.45, 7) is 8.49. The van der Waals surface area contributed by atoms with Gasteiger partial charge in [0, 0.05) is 23.1 Å². The molecule has 4 nitrogen and oxygen atoms in total. The van der Waals surface area contributed by atoms with Gasteiger partial charge >= 0.3 is 0 Å². The quantitative estimate of drug-likeness (QED) is 0.217. The van der Waals surface area contributed by atoms with Gasteiger partial charge in [0.1, 0.15) is 5.82 Å². The fraction of sp³-hybridized carbons (Fsp3) is 0.243. The van der Waals surface area contributed by atoms with Crippen molar-refractivity contribution in [1.82, 2.24) is 20.2 Å². The Morgan fingerprint density at radius 3 is 2.27 bits per heavy atom. The smallest absolute Gasteiger partial charge is 0.140 e. The highest BCUT2D eigenvalue weighted by Gasteiger charge is 2.26. The summed E-state index contributed by atoms with van der Waals surface area (Å²) in [7, 11) is 0. The third-order valence-electron chi connectivity index (χ3n) is 8.13. The number of rotatable bonds is 3. The molecule has 4 heteroatoms. The Bertz CT molecular complexity index is 1680. The first-order chi connectivity index (χ1) is 20.0. The lowest BCUT2D eigenvalue weighted by molar-refractivity contribution is 0.815. The van der Waals surface area contributed by atoms with Crippen molar-refractivity contribution in [3.8, 4) is 22.4 Å². The zero-order chi connectivity index (χ0) is 28.3. The second-order valence-electron chi connectivity index (χ2n) is 11.3. The van der Waals surface area contributed by atoms with Crippen molar-refractivity contribution in [2.45, 2.75) is 58.8 Å². The molecule has 0 aliphatic heterocycles. The Hall–Kier alpha value is -4.44. The lowest BCUT2D eigenvalue weighted by atomic mass is 9.77. The van der Waals surface area contributed by atoms with Crippen LogP contribution in [0.25, 0.3) is 22.4 Å². The van der Waals surface area contributed by atoms with Crippen LogP contribution in [0, 0.1) is 13.8 Å². The molecule has 0 amide bonds. The maximum atomic E-state index is 4.74. The molecule has 41 heavy (non-hydrogen) atoms. The standard InChI is InChI=1S/C24H22N2.C13H14N2/c1-15-14-16(2)26-24(25-15)23-9-5-8-19-21-11-10-17-6-3-4-7-18(17)20(21)12-13-22(19)23;1-10(2)11-5-7-12(8-6-11)13-4-3-9-14-15-13/h3-7,9,12-14,23H,8,10-11H2,1-2H3;3-10H,1-2H3. The molecule has 1 unspecified atom stereocenters. The first-order valence-corrected chi connectivity index (χ1v) is 14.6. The minimum Gasteiger partial charge on any atom is -0.237 e. The van der Waals surface area contributed by atoms with Crippen molar-refractivity contribution in [3.05, 3.63) is 142 Å². The van der Waals surface area contributed by atoms with E-state index < -0.39 is 0 Å². The molecule has 0 saturated carbocycles. The Morgan fingerprint density at radius 2 is 1.54 bits per heavy atom. The summed E-state index contributed by atoms with van der Waals surface area (Å²) < 4.78 is 0. The molecule has 2 aromatic heterocycles. The summed E-state index contributed by atoms with van der Waals surface area (Å²) in [6, 6.07) is 27.9. The fourth-order valence-corrected chi connectivity index (χ4v) is 6.08. The highest BCUT2D eigenvalue weighted by molar-refractivity contribution is 5.75. The summed E-state index contributed by atoms with van der Waals surface area (Å²) in [5.41, 5.74) is 14.2. The number of aryl methyl sites for hydroxylation is 3. The molecule has 0 radical (unpaired) electrons. The molecule has 3 aromatic carbocycles. The number of hydrogen-bond acceptors (Lipinski definition) is 4. The number of aromatic nitrogens is 4. The van der Waals surface area contributed by atoms with Crippen molar-refractivity contribution in [2.24, 2.45) is 0 Å². The van der Waals surface area contributed by atoms with Gasteiger partial charge in [-0.15, -0.1) is 0 Å². The highest BCUT2D eigenvalue weighted by atomic mass is 15.1. The van der Waals surface area contributed by atoms with Crippen LogP contribution in [0.15, 0.2) is 97.2 Å².